The van der Waals surface area contributed by atoms with Gasteiger partial charge in [-0.15, -0.1) is 0 Å². The standard InChI is InChI=1S/C35H30F2N4O5/c1-41(24-7-5-4-6-8-24)32-20-29(25-18-30(44-2)31(45-3)19-27(25)40-32)46-28-14-13-23(17-26(28)37)39-34(43)35(15-16-35)33(42)38-22-11-9-21(36)10-12-22/h4-14,17-20H,15-16H2,1-3H3,(H,38,42)(H,39,43). The molecule has 2 N–H and O–H groups in total. The van der Waals surface area contributed by atoms with Gasteiger partial charge in [0.15, 0.2) is 23.1 Å². The maximum absolute atomic E-state index is 15.5. The number of nitrogens with zero attached hydrogens (tertiary/aromatic N) is 2. The minimum atomic E-state index is -1.29. The molecule has 0 aliphatic heterocycles. The number of benzene rings is 4. The van der Waals surface area contributed by atoms with Crippen molar-refractivity contribution in [3.8, 4) is 23.0 Å². The van der Waals surface area contributed by atoms with Crippen LogP contribution >= 0.6 is 0 Å². The highest BCUT2D eigenvalue weighted by Crippen LogP contribution is 2.48. The molecule has 1 fully saturated rings. The number of rotatable bonds is 10. The molecule has 1 aromatic heterocycles. The lowest BCUT2D eigenvalue weighted by atomic mass is 10.0. The minimum absolute atomic E-state index is 0.0937. The molecule has 6 rings (SSSR count). The summed E-state index contributed by atoms with van der Waals surface area (Å²) in [4.78, 5) is 32.7. The molecule has 0 saturated heterocycles. The second kappa shape index (κ2) is 12.4. The molecule has 0 unspecified atom stereocenters. The quantitative estimate of drug-likeness (QED) is 0.156. The van der Waals surface area contributed by atoms with Gasteiger partial charge in [0.05, 0.1) is 19.7 Å². The number of amides is 2. The molecular weight excluding hydrogens is 594 g/mol. The molecule has 1 saturated carbocycles. The van der Waals surface area contributed by atoms with Crippen LogP contribution < -0.4 is 29.7 Å². The second-order valence-electron chi connectivity index (χ2n) is 10.8. The zero-order valence-electron chi connectivity index (χ0n) is 25.3. The fourth-order valence-corrected chi connectivity index (χ4v) is 5.05. The Balaban J connectivity index is 1.26. The van der Waals surface area contributed by atoms with Crippen LogP contribution in [0.2, 0.25) is 0 Å². The maximum atomic E-state index is 15.5. The van der Waals surface area contributed by atoms with Crippen molar-refractivity contribution >= 4 is 45.6 Å². The molecular formula is C35H30F2N4O5. The molecule has 234 valence electrons. The Bertz CT molecular complexity index is 1930. The summed E-state index contributed by atoms with van der Waals surface area (Å²) in [6.45, 7) is 0. The van der Waals surface area contributed by atoms with Crippen LogP contribution in [0.1, 0.15) is 12.8 Å². The third kappa shape index (κ3) is 5.99. The van der Waals surface area contributed by atoms with Gasteiger partial charge in [-0.3, -0.25) is 9.59 Å². The lowest BCUT2D eigenvalue weighted by Crippen LogP contribution is -2.35. The van der Waals surface area contributed by atoms with Crippen LogP contribution in [0.3, 0.4) is 0 Å². The van der Waals surface area contributed by atoms with E-state index < -0.39 is 28.9 Å². The number of nitrogens with one attached hydrogen (secondary N) is 2. The first-order chi connectivity index (χ1) is 22.2. The van der Waals surface area contributed by atoms with E-state index in [9.17, 15) is 14.0 Å². The van der Waals surface area contributed by atoms with Crippen molar-refractivity contribution in [3.05, 3.63) is 103 Å². The SMILES string of the molecule is COc1cc2nc(N(C)c3ccccc3)cc(Oc3ccc(NC(=O)C4(C(=O)Nc5ccc(F)cc5)CC4)cc3F)c2cc1OC. The monoisotopic (exact) mass is 624 g/mol. The van der Waals surface area contributed by atoms with Crippen LogP contribution in [-0.4, -0.2) is 38.1 Å². The molecule has 0 radical (unpaired) electrons. The lowest BCUT2D eigenvalue weighted by molar-refractivity contribution is -0.131. The van der Waals surface area contributed by atoms with Crippen LogP contribution in [0.5, 0.6) is 23.0 Å². The summed E-state index contributed by atoms with van der Waals surface area (Å²) in [7, 11) is 4.90. The van der Waals surface area contributed by atoms with Crippen molar-refractivity contribution < 1.29 is 32.6 Å². The molecule has 9 nitrogen and oxygen atoms in total. The number of methoxy groups -OCH3 is 2. The largest absolute Gasteiger partial charge is 0.493 e. The van der Waals surface area contributed by atoms with E-state index in [1.165, 1.54) is 50.6 Å². The molecule has 46 heavy (non-hydrogen) atoms. The number of fused-ring (bicyclic) bond motifs is 1. The van der Waals surface area contributed by atoms with Crippen LogP contribution in [0.4, 0.5) is 31.7 Å². The number of halogens is 2. The van der Waals surface area contributed by atoms with E-state index in [-0.39, 0.29) is 11.4 Å². The van der Waals surface area contributed by atoms with Gasteiger partial charge in [-0.25, -0.2) is 13.8 Å². The summed E-state index contributed by atoms with van der Waals surface area (Å²) in [5.41, 5.74) is 0.650. The maximum Gasteiger partial charge on any atom is 0.240 e. The van der Waals surface area contributed by atoms with Crippen molar-refractivity contribution in [1.29, 1.82) is 0 Å². The normalized spacial score (nSPS) is 13.1. The lowest BCUT2D eigenvalue weighted by Gasteiger charge is -2.21. The molecule has 0 spiro atoms. The molecule has 2 amide bonds. The van der Waals surface area contributed by atoms with Gasteiger partial charge in [-0.1, -0.05) is 18.2 Å². The molecule has 1 aliphatic carbocycles. The topological polar surface area (TPSA) is 102 Å². The number of ether oxygens (including phenoxy) is 3. The zero-order chi connectivity index (χ0) is 32.4. The summed E-state index contributed by atoms with van der Waals surface area (Å²) in [6, 6.07) is 24.0. The summed E-state index contributed by atoms with van der Waals surface area (Å²) >= 11 is 0. The van der Waals surface area contributed by atoms with Crippen LogP contribution in [0.15, 0.2) is 91.0 Å². The smallest absolute Gasteiger partial charge is 0.240 e. The average Bonchev–Trinajstić information content (AvgIpc) is 3.89. The van der Waals surface area contributed by atoms with E-state index in [1.54, 1.807) is 18.2 Å². The van der Waals surface area contributed by atoms with Crippen molar-refractivity contribution in [2.24, 2.45) is 5.41 Å². The van der Waals surface area contributed by atoms with Crippen molar-refractivity contribution in [2.75, 3.05) is 36.8 Å². The third-order valence-electron chi connectivity index (χ3n) is 7.88. The van der Waals surface area contributed by atoms with Crippen LogP contribution in [-0.2, 0) is 9.59 Å². The van der Waals surface area contributed by atoms with Crippen molar-refractivity contribution in [2.45, 2.75) is 12.8 Å². The predicted octanol–water partition coefficient (Wildman–Crippen LogP) is 7.45. The van der Waals surface area contributed by atoms with Gasteiger partial charge in [-0.05, 0) is 67.4 Å². The Kier molecular flexibility index (Phi) is 8.14. The van der Waals surface area contributed by atoms with Crippen molar-refractivity contribution in [1.82, 2.24) is 4.98 Å². The fourth-order valence-electron chi connectivity index (χ4n) is 5.05. The number of carbonyl (C=O) groups is 2. The van der Waals surface area contributed by atoms with Gasteiger partial charge in [0.25, 0.3) is 0 Å². The van der Waals surface area contributed by atoms with Gasteiger partial charge in [0, 0.05) is 47.7 Å². The first-order valence-corrected chi connectivity index (χ1v) is 14.4. The van der Waals surface area contributed by atoms with E-state index in [4.69, 9.17) is 19.2 Å². The Hall–Kier alpha value is -5.71. The first kappa shape index (κ1) is 30.3. The van der Waals surface area contributed by atoms with Gasteiger partial charge in [0.1, 0.15) is 22.8 Å². The molecule has 1 aliphatic rings. The van der Waals surface area contributed by atoms with Gasteiger partial charge < -0.3 is 29.7 Å². The Labute approximate surface area is 263 Å². The highest BCUT2D eigenvalue weighted by Gasteiger charge is 2.56. The fraction of sp³-hybridized carbons (Fsp3) is 0.171. The summed E-state index contributed by atoms with van der Waals surface area (Å²) in [5.74, 6) is -0.567. The highest BCUT2D eigenvalue weighted by molar-refractivity contribution is 6.16. The zero-order valence-corrected chi connectivity index (χ0v) is 25.3. The number of aromatic nitrogens is 1. The number of para-hydroxylation sites is 1. The minimum Gasteiger partial charge on any atom is -0.493 e. The first-order valence-electron chi connectivity index (χ1n) is 14.4. The average molecular weight is 625 g/mol. The summed E-state index contributed by atoms with van der Waals surface area (Å²) < 4.78 is 45.8. The second-order valence-corrected chi connectivity index (χ2v) is 10.8. The molecule has 0 bridgehead atoms. The number of hydrogen-bond donors (Lipinski definition) is 2. The predicted molar refractivity (Wildman–Crippen MR) is 171 cm³/mol. The number of carbonyl (C=O) groups excluding carboxylic acids is 2. The number of pyridine rings is 1. The summed E-state index contributed by atoms with van der Waals surface area (Å²) in [5, 5.41) is 5.86. The van der Waals surface area contributed by atoms with E-state index >= 15 is 4.39 Å². The number of hydrogen-bond acceptors (Lipinski definition) is 7. The molecule has 0 atom stereocenters. The molecule has 5 aromatic rings. The van der Waals surface area contributed by atoms with E-state index in [1.807, 2.05) is 42.3 Å². The highest BCUT2D eigenvalue weighted by atomic mass is 19.1. The van der Waals surface area contributed by atoms with E-state index in [0.29, 0.717) is 52.5 Å². The third-order valence-corrected chi connectivity index (χ3v) is 7.88. The molecule has 4 aromatic carbocycles. The molecule has 11 heteroatoms. The Morgan fingerprint density at radius 2 is 1.39 bits per heavy atom. The van der Waals surface area contributed by atoms with Crippen LogP contribution in [0, 0.1) is 17.0 Å². The van der Waals surface area contributed by atoms with Crippen molar-refractivity contribution in [3.63, 3.8) is 0 Å². The van der Waals surface area contributed by atoms with Gasteiger partial charge >= 0.3 is 0 Å². The Morgan fingerprint density at radius 3 is 2.02 bits per heavy atom. The summed E-state index contributed by atoms with van der Waals surface area (Å²) in [6.07, 6.45) is 0.664. The van der Waals surface area contributed by atoms with Gasteiger partial charge in [-0.2, -0.15) is 0 Å². The van der Waals surface area contributed by atoms with E-state index in [0.717, 1.165) is 11.8 Å². The Morgan fingerprint density at radius 1 is 0.761 bits per heavy atom. The van der Waals surface area contributed by atoms with Gasteiger partial charge in [0.2, 0.25) is 11.8 Å². The molecule has 1 heterocycles. The number of anilines is 4. The van der Waals surface area contributed by atoms with Crippen LogP contribution in [0.25, 0.3) is 10.9 Å². The van der Waals surface area contributed by atoms with E-state index in [2.05, 4.69) is 10.6 Å².